The second-order valence-corrected chi connectivity index (χ2v) is 4.97. The molecule has 4 heteroatoms. The Bertz CT molecular complexity index is 253. The highest BCUT2D eigenvalue weighted by Gasteiger charge is 2.41. The van der Waals surface area contributed by atoms with Crippen LogP contribution in [0.1, 0.15) is 39.0 Å². The first-order valence-electron chi connectivity index (χ1n) is 6.40. The summed E-state index contributed by atoms with van der Waals surface area (Å²) < 4.78 is 5.67. The SMILES string of the molecule is CCC[C@@H](N)C(=O)NC1CCOC1C1CC1. The van der Waals surface area contributed by atoms with Gasteiger partial charge in [-0.2, -0.15) is 0 Å². The maximum Gasteiger partial charge on any atom is 0.237 e. The van der Waals surface area contributed by atoms with Crippen LogP contribution in [-0.2, 0) is 9.53 Å². The van der Waals surface area contributed by atoms with Gasteiger partial charge in [-0.05, 0) is 31.6 Å². The van der Waals surface area contributed by atoms with Crippen molar-refractivity contribution in [2.75, 3.05) is 6.61 Å². The van der Waals surface area contributed by atoms with Gasteiger partial charge in [-0.1, -0.05) is 13.3 Å². The summed E-state index contributed by atoms with van der Waals surface area (Å²) >= 11 is 0. The Morgan fingerprint density at radius 1 is 1.50 bits per heavy atom. The molecule has 2 fully saturated rings. The zero-order chi connectivity index (χ0) is 11.5. The molecular weight excluding hydrogens is 204 g/mol. The first kappa shape index (κ1) is 11.9. The predicted octanol–water partition coefficient (Wildman–Crippen LogP) is 0.797. The van der Waals surface area contributed by atoms with E-state index in [4.69, 9.17) is 10.5 Å². The second kappa shape index (κ2) is 5.15. The molecule has 3 atom stereocenters. The molecular formula is C12H22N2O2. The van der Waals surface area contributed by atoms with E-state index in [0.29, 0.717) is 5.92 Å². The minimum Gasteiger partial charge on any atom is -0.376 e. The first-order chi connectivity index (χ1) is 7.72. The Kier molecular flexibility index (Phi) is 3.82. The lowest BCUT2D eigenvalue weighted by molar-refractivity contribution is -0.123. The molecule has 1 saturated heterocycles. The molecule has 1 saturated carbocycles. The highest BCUT2D eigenvalue weighted by atomic mass is 16.5. The number of carbonyl (C=O) groups is 1. The fourth-order valence-electron chi connectivity index (χ4n) is 2.39. The minimum absolute atomic E-state index is 0.0111. The number of nitrogens with one attached hydrogen (secondary N) is 1. The van der Waals surface area contributed by atoms with E-state index >= 15 is 0 Å². The number of hydrogen-bond acceptors (Lipinski definition) is 3. The normalized spacial score (nSPS) is 31.4. The number of amides is 1. The highest BCUT2D eigenvalue weighted by molar-refractivity contribution is 5.81. The fourth-order valence-corrected chi connectivity index (χ4v) is 2.39. The molecule has 0 aromatic rings. The van der Waals surface area contributed by atoms with Crippen LogP contribution in [-0.4, -0.2) is 30.7 Å². The molecule has 2 rings (SSSR count). The molecule has 3 N–H and O–H groups in total. The lowest BCUT2D eigenvalue weighted by atomic mass is 10.1. The minimum atomic E-state index is -0.356. The van der Waals surface area contributed by atoms with Gasteiger partial charge in [-0.25, -0.2) is 0 Å². The number of rotatable bonds is 5. The largest absolute Gasteiger partial charge is 0.376 e. The topological polar surface area (TPSA) is 64.4 Å². The van der Waals surface area contributed by atoms with Crippen molar-refractivity contribution in [1.29, 1.82) is 0 Å². The molecule has 2 unspecified atom stereocenters. The van der Waals surface area contributed by atoms with Crippen LogP contribution in [0, 0.1) is 5.92 Å². The van der Waals surface area contributed by atoms with Crippen LogP contribution in [0.3, 0.4) is 0 Å². The third-order valence-electron chi connectivity index (χ3n) is 3.49. The number of ether oxygens (including phenoxy) is 1. The highest BCUT2D eigenvalue weighted by Crippen LogP contribution is 2.38. The summed E-state index contributed by atoms with van der Waals surface area (Å²) in [6.45, 7) is 2.81. The number of nitrogens with two attached hydrogens (primary N) is 1. The lowest BCUT2D eigenvalue weighted by Gasteiger charge is -2.21. The summed E-state index contributed by atoms with van der Waals surface area (Å²) in [4.78, 5) is 11.8. The summed E-state index contributed by atoms with van der Waals surface area (Å²) in [5.74, 6) is 0.665. The molecule has 0 radical (unpaired) electrons. The van der Waals surface area contributed by atoms with Crippen LogP contribution >= 0.6 is 0 Å². The maximum absolute atomic E-state index is 11.8. The van der Waals surface area contributed by atoms with Gasteiger partial charge in [-0.3, -0.25) is 4.79 Å². The molecule has 2 aliphatic rings. The molecule has 1 aliphatic heterocycles. The Morgan fingerprint density at radius 2 is 2.25 bits per heavy atom. The zero-order valence-electron chi connectivity index (χ0n) is 9.95. The molecule has 1 aliphatic carbocycles. The van der Waals surface area contributed by atoms with Gasteiger partial charge in [0.2, 0.25) is 5.91 Å². The number of carbonyl (C=O) groups excluding carboxylic acids is 1. The van der Waals surface area contributed by atoms with Gasteiger partial charge in [0.1, 0.15) is 0 Å². The Morgan fingerprint density at radius 3 is 2.88 bits per heavy atom. The van der Waals surface area contributed by atoms with Crippen LogP contribution in [0.2, 0.25) is 0 Å². The average molecular weight is 226 g/mol. The van der Waals surface area contributed by atoms with E-state index in [-0.39, 0.29) is 24.1 Å². The van der Waals surface area contributed by atoms with Gasteiger partial charge in [0.15, 0.2) is 0 Å². The van der Waals surface area contributed by atoms with Crippen molar-refractivity contribution in [3.8, 4) is 0 Å². The van der Waals surface area contributed by atoms with Gasteiger partial charge in [0, 0.05) is 6.61 Å². The molecule has 1 amide bonds. The van der Waals surface area contributed by atoms with Crippen molar-refractivity contribution in [2.24, 2.45) is 11.7 Å². The molecule has 0 bridgehead atoms. The summed E-state index contributed by atoms with van der Waals surface area (Å²) in [6.07, 6.45) is 5.38. The summed E-state index contributed by atoms with van der Waals surface area (Å²) in [6, 6.07) is -0.159. The summed E-state index contributed by atoms with van der Waals surface area (Å²) in [7, 11) is 0. The van der Waals surface area contributed by atoms with Crippen LogP contribution in [0.4, 0.5) is 0 Å². The fraction of sp³-hybridized carbons (Fsp3) is 0.917. The predicted molar refractivity (Wildman–Crippen MR) is 61.9 cm³/mol. The standard InChI is InChI=1S/C12H22N2O2/c1-2-3-9(13)12(15)14-10-6-7-16-11(10)8-4-5-8/h8-11H,2-7,13H2,1H3,(H,14,15)/t9-,10?,11?/m1/s1. The molecule has 1 heterocycles. The van der Waals surface area contributed by atoms with E-state index in [1.54, 1.807) is 0 Å². The van der Waals surface area contributed by atoms with E-state index in [9.17, 15) is 4.79 Å². The van der Waals surface area contributed by atoms with Crippen molar-refractivity contribution >= 4 is 5.91 Å². The monoisotopic (exact) mass is 226 g/mol. The van der Waals surface area contributed by atoms with E-state index < -0.39 is 0 Å². The van der Waals surface area contributed by atoms with Gasteiger partial charge >= 0.3 is 0 Å². The Hall–Kier alpha value is -0.610. The van der Waals surface area contributed by atoms with Gasteiger partial charge in [0.05, 0.1) is 18.2 Å². The van der Waals surface area contributed by atoms with Gasteiger partial charge in [0.25, 0.3) is 0 Å². The van der Waals surface area contributed by atoms with Crippen LogP contribution < -0.4 is 11.1 Å². The van der Waals surface area contributed by atoms with Crippen molar-refractivity contribution in [2.45, 2.75) is 57.2 Å². The quantitative estimate of drug-likeness (QED) is 0.728. The van der Waals surface area contributed by atoms with Gasteiger partial charge < -0.3 is 15.8 Å². The van der Waals surface area contributed by atoms with Crippen molar-refractivity contribution in [3.63, 3.8) is 0 Å². The summed E-state index contributed by atoms with van der Waals surface area (Å²) in [5.41, 5.74) is 5.79. The lowest BCUT2D eigenvalue weighted by Crippen LogP contribution is -2.48. The van der Waals surface area contributed by atoms with Crippen molar-refractivity contribution in [3.05, 3.63) is 0 Å². The maximum atomic E-state index is 11.8. The smallest absolute Gasteiger partial charge is 0.237 e. The zero-order valence-corrected chi connectivity index (χ0v) is 9.95. The van der Waals surface area contributed by atoms with E-state index in [0.717, 1.165) is 25.9 Å². The Labute approximate surface area is 96.9 Å². The number of hydrogen-bond donors (Lipinski definition) is 2. The van der Waals surface area contributed by atoms with Gasteiger partial charge in [-0.15, -0.1) is 0 Å². The second-order valence-electron chi connectivity index (χ2n) is 4.97. The van der Waals surface area contributed by atoms with Crippen molar-refractivity contribution < 1.29 is 9.53 Å². The summed E-state index contributed by atoms with van der Waals surface area (Å²) in [5, 5.41) is 3.05. The third-order valence-corrected chi connectivity index (χ3v) is 3.49. The third kappa shape index (κ3) is 2.74. The molecule has 0 aromatic carbocycles. The average Bonchev–Trinajstić information content (AvgIpc) is 3.00. The molecule has 0 spiro atoms. The first-order valence-corrected chi connectivity index (χ1v) is 6.40. The van der Waals surface area contributed by atoms with Crippen LogP contribution in [0.15, 0.2) is 0 Å². The van der Waals surface area contributed by atoms with E-state index in [1.165, 1.54) is 12.8 Å². The molecule has 0 aromatic heterocycles. The van der Waals surface area contributed by atoms with Crippen LogP contribution in [0.25, 0.3) is 0 Å². The van der Waals surface area contributed by atoms with Crippen LogP contribution in [0.5, 0.6) is 0 Å². The van der Waals surface area contributed by atoms with E-state index in [1.807, 2.05) is 6.92 Å². The molecule has 4 nitrogen and oxygen atoms in total. The molecule has 16 heavy (non-hydrogen) atoms. The molecule has 92 valence electrons. The Balaban J connectivity index is 1.81. The van der Waals surface area contributed by atoms with Crippen molar-refractivity contribution in [1.82, 2.24) is 5.32 Å². The van der Waals surface area contributed by atoms with E-state index in [2.05, 4.69) is 5.32 Å².